The van der Waals surface area contributed by atoms with Crippen LogP contribution in [0.15, 0.2) is 77.4 Å². The highest BCUT2D eigenvalue weighted by Gasteiger charge is 2.15. The maximum atomic E-state index is 12.3. The van der Waals surface area contributed by atoms with Crippen molar-refractivity contribution in [3.8, 4) is 16.9 Å². The van der Waals surface area contributed by atoms with E-state index in [9.17, 15) is 9.59 Å². The van der Waals surface area contributed by atoms with Gasteiger partial charge >= 0.3 is 5.97 Å². The number of hydrogen-bond donors (Lipinski definition) is 1. The Hall–Kier alpha value is -3.85. The monoisotopic (exact) mass is 462 g/mol. The third-order valence-corrected chi connectivity index (χ3v) is 5.50. The molecule has 2 aromatic carbocycles. The first-order chi connectivity index (χ1) is 16.1. The summed E-state index contributed by atoms with van der Waals surface area (Å²) in [5, 5.41) is 11.0. The fourth-order valence-corrected chi connectivity index (χ4v) is 3.71. The Kier molecular flexibility index (Phi) is 7.21. The van der Waals surface area contributed by atoms with Gasteiger partial charge in [-0.1, -0.05) is 53.7 Å². The number of aryl methyl sites for hydroxylation is 1. The van der Waals surface area contributed by atoms with E-state index in [0.29, 0.717) is 11.6 Å². The molecule has 33 heavy (non-hydrogen) atoms. The third-order valence-electron chi connectivity index (χ3n) is 4.60. The van der Waals surface area contributed by atoms with Crippen molar-refractivity contribution in [3.63, 3.8) is 0 Å². The van der Waals surface area contributed by atoms with Crippen molar-refractivity contribution in [2.45, 2.75) is 13.5 Å². The van der Waals surface area contributed by atoms with E-state index in [-0.39, 0.29) is 24.0 Å². The van der Waals surface area contributed by atoms with Gasteiger partial charge < -0.3 is 14.6 Å². The van der Waals surface area contributed by atoms with Gasteiger partial charge in [-0.05, 0) is 19.1 Å². The van der Waals surface area contributed by atoms with Gasteiger partial charge in [0, 0.05) is 23.4 Å². The van der Waals surface area contributed by atoms with Crippen molar-refractivity contribution in [2.75, 3.05) is 16.8 Å². The first-order valence-corrected chi connectivity index (χ1v) is 11.4. The SMILES string of the molecule is Cc1cc(NC(=O)CSCC(=O)OCc2cn(-c3ccccc3)nc2-c2ccccc2)no1. The maximum Gasteiger partial charge on any atom is 0.316 e. The summed E-state index contributed by atoms with van der Waals surface area (Å²) in [6, 6.07) is 21.1. The van der Waals surface area contributed by atoms with Crippen LogP contribution in [0.2, 0.25) is 0 Å². The van der Waals surface area contributed by atoms with E-state index in [1.807, 2.05) is 66.9 Å². The second kappa shape index (κ2) is 10.6. The average molecular weight is 463 g/mol. The van der Waals surface area contributed by atoms with E-state index in [1.165, 1.54) is 11.8 Å². The summed E-state index contributed by atoms with van der Waals surface area (Å²) < 4.78 is 12.1. The number of hydrogen-bond acceptors (Lipinski definition) is 7. The molecule has 9 heteroatoms. The van der Waals surface area contributed by atoms with Crippen molar-refractivity contribution in [3.05, 3.63) is 84.3 Å². The van der Waals surface area contributed by atoms with Crippen molar-refractivity contribution >= 4 is 29.5 Å². The zero-order chi connectivity index (χ0) is 23.0. The number of esters is 1. The fourth-order valence-electron chi connectivity index (χ4n) is 3.10. The second-order valence-electron chi connectivity index (χ2n) is 7.17. The summed E-state index contributed by atoms with van der Waals surface area (Å²) in [4.78, 5) is 24.2. The third kappa shape index (κ3) is 6.11. The van der Waals surface area contributed by atoms with E-state index in [0.717, 1.165) is 22.5 Å². The molecule has 0 fully saturated rings. The predicted molar refractivity (Wildman–Crippen MR) is 126 cm³/mol. The fraction of sp³-hybridized carbons (Fsp3) is 0.167. The molecule has 0 aliphatic rings. The Morgan fingerprint density at radius 3 is 2.48 bits per heavy atom. The van der Waals surface area contributed by atoms with E-state index in [2.05, 4.69) is 10.5 Å². The van der Waals surface area contributed by atoms with Gasteiger partial charge in [0.15, 0.2) is 5.82 Å². The van der Waals surface area contributed by atoms with Crippen LogP contribution in [0, 0.1) is 6.92 Å². The quantitative estimate of drug-likeness (QED) is 0.371. The summed E-state index contributed by atoms with van der Waals surface area (Å²) in [7, 11) is 0. The van der Waals surface area contributed by atoms with Crippen LogP contribution in [0.3, 0.4) is 0 Å². The average Bonchev–Trinajstić information content (AvgIpc) is 3.45. The number of aromatic nitrogens is 3. The van der Waals surface area contributed by atoms with Crippen LogP contribution in [0.25, 0.3) is 16.9 Å². The second-order valence-corrected chi connectivity index (χ2v) is 8.16. The highest BCUT2D eigenvalue weighted by atomic mass is 32.2. The molecule has 8 nitrogen and oxygen atoms in total. The van der Waals surface area contributed by atoms with Crippen LogP contribution in [0.1, 0.15) is 11.3 Å². The molecule has 168 valence electrons. The molecular weight excluding hydrogens is 440 g/mol. The number of nitrogens with zero attached hydrogens (tertiary/aromatic N) is 3. The number of amides is 1. The van der Waals surface area contributed by atoms with Crippen LogP contribution < -0.4 is 5.32 Å². The van der Waals surface area contributed by atoms with Gasteiger partial charge in [0.2, 0.25) is 5.91 Å². The first-order valence-electron chi connectivity index (χ1n) is 10.2. The molecule has 0 aliphatic carbocycles. The molecule has 1 N–H and O–H groups in total. The van der Waals surface area contributed by atoms with Gasteiger partial charge in [0.1, 0.15) is 12.4 Å². The summed E-state index contributed by atoms with van der Waals surface area (Å²) in [5.41, 5.74) is 3.40. The number of thioether (sulfide) groups is 1. The van der Waals surface area contributed by atoms with Crippen molar-refractivity contribution in [1.29, 1.82) is 0 Å². The highest BCUT2D eigenvalue weighted by molar-refractivity contribution is 8.00. The number of ether oxygens (including phenoxy) is 1. The molecular formula is C24H22N4O4S. The largest absolute Gasteiger partial charge is 0.460 e. The minimum Gasteiger partial charge on any atom is -0.460 e. The minimum absolute atomic E-state index is 0.0543. The Bertz CT molecular complexity index is 1220. The molecule has 4 aromatic rings. The molecule has 2 aromatic heterocycles. The summed E-state index contributed by atoms with van der Waals surface area (Å²) >= 11 is 1.17. The first kappa shape index (κ1) is 22.3. The Morgan fingerprint density at radius 2 is 1.79 bits per heavy atom. The maximum absolute atomic E-state index is 12.3. The molecule has 0 radical (unpaired) electrons. The van der Waals surface area contributed by atoms with Crippen molar-refractivity contribution < 1.29 is 18.8 Å². The van der Waals surface area contributed by atoms with Gasteiger partial charge in [-0.2, -0.15) is 5.10 Å². The van der Waals surface area contributed by atoms with E-state index < -0.39 is 5.97 Å². The molecule has 0 bridgehead atoms. The zero-order valence-electron chi connectivity index (χ0n) is 17.9. The van der Waals surface area contributed by atoms with E-state index in [1.54, 1.807) is 17.7 Å². The number of carbonyl (C=O) groups is 2. The minimum atomic E-state index is -0.406. The molecule has 0 unspecified atom stereocenters. The Labute approximate surface area is 194 Å². The van der Waals surface area contributed by atoms with Gasteiger partial charge in [-0.3, -0.25) is 9.59 Å². The van der Waals surface area contributed by atoms with E-state index in [4.69, 9.17) is 14.4 Å². The summed E-state index contributed by atoms with van der Waals surface area (Å²) in [5.74, 6) is 0.436. The summed E-state index contributed by atoms with van der Waals surface area (Å²) in [6.07, 6.45) is 1.87. The Morgan fingerprint density at radius 1 is 1.06 bits per heavy atom. The molecule has 2 heterocycles. The normalized spacial score (nSPS) is 10.7. The van der Waals surface area contributed by atoms with Gasteiger partial charge in [-0.15, -0.1) is 11.8 Å². The molecule has 0 atom stereocenters. The molecule has 1 amide bonds. The van der Waals surface area contributed by atoms with Crippen molar-refractivity contribution in [1.82, 2.24) is 14.9 Å². The van der Waals surface area contributed by atoms with Crippen LogP contribution >= 0.6 is 11.8 Å². The topological polar surface area (TPSA) is 99.2 Å². The van der Waals surface area contributed by atoms with Gasteiger partial charge in [0.05, 0.1) is 22.9 Å². The van der Waals surface area contributed by atoms with Crippen molar-refractivity contribution in [2.24, 2.45) is 0 Å². The van der Waals surface area contributed by atoms with E-state index >= 15 is 0 Å². The highest BCUT2D eigenvalue weighted by Crippen LogP contribution is 2.24. The standard InChI is InChI=1S/C24H22N4O4S/c1-17-12-21(27-32-17)25-22(29)15-33-16-23(30)31-14-19-13-28(20-10-6-3-7-11-20)26-24(19)18-8-4-2-5-9-18/h2-13H,14-16H2,1H3,(H,25,27,29). The lowest BCUT2D eigenvalue weighted by molar-refractivity contribution is -0.141. The predicted octanol–water partition coefficient (Wildman–Crippen LogP) is 4.25. The lowest BCUT2D eigenvalue weighted by Crippen LogP contribution is -2.16. The van der Waals surface area contributed by atoms with Crippen LogP contribution in [0.5, 0.6) is 0 Å². The molecule has 0 aliphatic heterocycles. The molecule has 0 spiro atoms. The number of para-hydroxylation sites is 1. The molecule has 4 rings (SSSR count). The number of benzene rings is 2. The lowest BCUT2D eigenvalue weighted by Gasteiger charge is -2.05. The van der Waals surface area contributed by atoms with Crippen LogP contribution in [0.4, 0.5) is 5.82 Å². The number of carbonyl (C=O) groups excluding carboxylic acids is 2. The number of rotatable bonds is 9. The zero-order valence-corrected chi connectivity index (χ0v) is 18.7. The van der Waals surface area contributed by atoms with Crippen LogP contribution in [-0.2, 0) is 20.9 Å². The number of nitrogens with one attached hydrogen (secondary N) is 1. The van der Waals surface area contributed by atoms with Gasteiger partial charge in [0.25, 0.3) is 0 Å². The lowest BCUT2D eigenvalue weighted by atomic mass is 10.1. The Balaban J connectivity index is 1.34. The molecule has 0 saturated heterocycles. The summed E-state index contributed by atoms with van der Waals surface area (Å²) in [6.45, 7) is 1.82. The van der Waals surface area contributed by atoms with Crippen LogP contribution in [-0.4, -0.2) is 38.3 Å². The molecule has 0 saturated carbocycles. The smallest absolute Gasteiger partial charge is 0.316 e. The number of anilines is 1. The van der Waals surface area contributed by atoms with Gasteiger partial charge in [-0.25, -0.2) is 4.68 Å².